The third kappa shape index (κ3) is 3.84. The fourth-order valence-electron chi connectivity index (χ4n) is 5.00. The number of para-hydroxylation sites is 2. The van der Waals surface area contributed by atoms with E-state index in [0.29, 0.717) is 17.4 Å². The Kier molecular flexibility index (Phi) is 5.73. The minimum Gasteiger partial charge on any atom is -0.514 e. The van der Waals surface area contributed by atoms with Crippen LogP contribution >= 0.6 is 0 Å². The molecule has 2 aliphatic rings. The minimum absolute atomic E-state index is 0. The average Bonchev–Trinajstić information content (AvgIpc) is 3.56. The molecule has 1 aromatic heterocycles. The molecule has 36 heavy (non-hydrogen) atoms. The summed E-state index contributed by atoms with van der Waals surface area (Å²) >= 11 is 0. The average molecular weight is 651 g/mol. The van der Waals surface area contributed by atoms with Crippen LogP contribution in [0.5, 0.6) is 11.5 Å². The van der Waals surface area contributed by atoms with Crippen LogP contribution in [0.25, 0.3) is 22.4 Å². The molecular formula is C30H21N3O2Pt. The summed E-state index contributed by atoms with van der Waals surface area (Å²) in [6, 6.07) is 34.9. The molecule has 0 N–H and O–H groups in total. The van der Waals surface area contributed by atoms with Crippen molar-refractivity contribution >= 4 is 16.9 Å². The molecule has 4 aromatic carbocycles. The topological polar surface area (TPSA) is 48.6 Å². The minimum atomic E-state index is 0. The van der Waals surface area contributed by atoms with Crippen molar-refractivity contribution in [2.24, 2.45) is 12.0 Å². The predicted octanol–water partition coefficient (Wildman–Crippen LogP) is 6.07. The van der Waals surface area contributed by atoms with Gasteiger partial charge in [0.15, 0.2) is 0 Å². The second-order valence-electron chi connectivity index (χ2n) is 8.88. The van der Waals surface area contributed by atoms with Gasteiger partial charge in [-0.25, -0.2) is 0 Å². The number of rotatable bonds is 4. The van der Waals surface area contributed by atoms with Crippen molar-refractivity contribution in [2.75, 3.05) is 0 Å². The van der Waals surface area contributed by atoms with Crippen LogP contribution in [0.1, 0.15) is 22.7 Å². The zero-order chi connectivity index (χ0) is 23.4. The van der Waals surface area contributed by atoms with E-state index in [-0.39, 0.29) is 33.2 Å². The van der Waals surface area contributed by atoms with Crippen LogP contribution in [0.2, 0.25) is 0 Å². The van der Waals surface area contributed by atoms with E-state index in [1.807, 2.05) is 61.6 Å². The molecule has 2 heterocycles. The van der Waals surface area contributed by atoms with Crippen molar-refractivity contribution in [2.45, 2.75) is 18.6 Å². The zero-order valence-corrected chi connectivity index (χ0v) is 21.7. The first-order valence-electron chi connectivity index (χ1n) is 11.7. The normalized spacial score (nSPS) is 17.6. The number of nitrogens with zero attached hydrogens (tertiary/aromatic N) is 3. The number of benzene rings is 4. The zero-order valence-electron chi connectivity index (χ0n) is 19.4. The molecule has 178 valence electrons. The van der Waals surface area contributed by atoms with E-state index in [1.54, 1.807) is 0 Å². The summed E-state index contributed by atoms with van der Waals surface area (Å²) < 4.78 is 14.4. The number of imidazole rings is 1. The first kappa shape index (κ1) is 22.8. The maximum Gasteiger partial charge on any atom is 2.00 e. The van der Waals surface area contributed by atoms with Gasteiger partial charge in [-0.1, -0.05) is 54.1 Å². The number of hydrogen-bond donors (Lipinski definition) is 0. The monoisotopic (exact) mass is 650 g/mol. The first-order chi connectivity index (χ1) is 17.2. The molecule has 5 aromatic rings. The SMILES string of the molecule is Cn1c(-c2[c-]c(Oc3[c-]c(C4=N[C@H]5c6ccccc6C[C@H]5O4)ccc3)ccc2)nc2ccccc21.[Pt+2]. The second-order valence-corrected chi connectivity index (χ2v) is 8.88. The summed E-state index contributed by atoms with van der Waals surface area (Å²) in [5.41, 5.74) is 6.27. The largest absolute Gasteiger partial charge is 2.00 e. The Labute approximate surface area is 223 Å². The Morgan fingerprint density at radius 3 is 2.42 bits per heavy atom. The van der Waals surface area contributed by atoms with Crippen molar-refractivity contribution in [3.63, 3.8) is 0 Å². The maximum atomic E-state index is 6.22. The van der Waals surface area contributed by atoms with E-state index in [1.165, 1.54) is 11.1 Å². The molecule has 0 saturated carbocycles. The van der Waals surface area contributed by atoms with E-state index < -0.39 is 0 Å². The van der Waals surface area contributed by atoms with Crippen molar-refractivity contribution in [3.05, 3.63) is 114 Å². The number of fused-ring (bicyclic) bond motifs is 4. The van der Waals surface area contributed by atoms with Crippen LogP contribution in [0, 0.1) is 12.1 Å². The van der Waals surface area contributed by atoms with Crippen molar-refractivity contribution < 1.29 is 30.5 Å². The van der Waals surface area contributed by atoms with Gasteiger partial charge in [-0.15, -0.1) is 42.0 Å². The summed E-state index contributed by atoms with van der Waals surface area (Å²) in [4.78, 5) is 9.66. The molecule has 1 aliphatic heterocycles. The molecule has 0 spiro atoms. The molecule has 1 aliphatic carbocycles. The van der Waals surface area contributed by atoms with Crippen molar-refractivity contribution in [1.82, 2.24) is 9.55 Å². The molecule has 6 heteroatoms. The fraction of sp³-hybridized carbons (Fsp3) is 0.133. The van der Waals surface area contributed by atoms with Crippen molar-refractivity contribution in [1.29, 1.82) is 0 Å². The number of aliphatic imine (C=N–C) groups is 1. The molecule has 0 fully saturated rings. The standard InChI is InChI=1S/C30H21N3O2.Pt/c1-33-26-15-5-4-14-25(26)31-29(33)20-9-6-11-22(16-20)34-23-12-7-10-21(17-23)30-32-28-24-13-3-2-8-19(24)18-27(28)35-30;/h2-15,27-28H,18H2,1H3;/q-2;+2/t27-,28+;/m1./s1. The van der Waals surface area contributed by atoms with E-state index in [2.05, 4.69) is 47.0 Å². The van der Waals surface area contributed by atoms with Gasteiger partial charge in [-0.3, -0.25) is 9.98 Å². The van der Waals surface area contributed by atoms with Gasteiger partial charge >= 0.3 is 21.1 Å². The van der Waals surface area contributed by atoms with Crippen LogP contribution in [0.4, 0.5) is 0 Å². The van der Waals surface area contributed by atoms with Crippen LogP contribution in [-0.4, -0.2) is 21.6 Å². The molecule has 7 rings (SSSR count). The van der Waals surface area contributed by atoms with Gasteiger partial charge in [0.25, 0.3) is 0 Å². The Balaban J connectivity index is 0.00000240. The second kappa shape index (κ2) is 9.07. The van der Waals surface area contributed by atoms with Crippen LogP contribution in [0.3, 0.4) is 0 Å². The number of aromatic nitrogens is 2. The van der Waals surface area contributed by atoms with Gasteiger partial charge in [-0.05, 0) is 23.3 Å². The maximum absolute atomic E-state index is 6.22. The summed E-state index contributed by atoms with van der Waals surface area (Å²) in [6.07, 6.45) is 0.937. The van der Waals surface area contributed by atoms with Crippen LogP contribution < -0.4 is 4.74 Å². The molecule has 2 atom stereocenters. The van der Waals surface area contributed by atoms with Gasteiger partial charge in [0, 0.05) is 25.0 Å². The van der Waals surface area contributed by atoms with Gasteiger partial charge < -0.3 is 14.0 Å². The third-order valence-electron chi connectivity index (χ3n) is 6.68. The molecule has 0 amide bonds. The number of ether oxygens (including phenoxy) is 2. The molecule has 0 saturated heterocycles. The molecule has 5 nitrogen and oxygen atoms in total. The summed E-state index contributed by atoms with van der Waals surface area (Å²) in [6.45, 7) is 0. The van der Waals surface area contributed by atoms with Crippen molar-refractivity contribution in [3.8, 4) is 22.9 Å². The summed E-state index contributed by atoms with van der Waals surface area (Å²) in [7, 11) is 2.01. The Bertz CT molecular complexity index is 1620. The van der Waals surface area contributed by atoms with Gasteiger partial charge in [0.2, 0.25) is 0 Å². The molecule has 0 unspecified atom stereocenters. The Morgan fingerprint density at radius 1 is 0.861 bits per heavy atom. The molecular weight excluding hydrogens is 629 g/mol. The Morgan fingerprint density at radius 2 is 1.58 bits per heavy atom. The fourth-order valence-corrected chi connectivity index (χ4v) is 5.00. The van der Waals surface area contributed by atoms with Gasteiger partial charge in [0.05, 0.1) is 16.9 Å². The quantitative estimate of drug-likeness (QED) is 0.222. The first-order valence-corrected chi connectivity index (χ1v) is 11.7. The number of aryl methyl sites for hydroxylation is 1. The third-order valence-corrected chi connectivity index (χ3v) is 6.68. The van der Waals surface area contributed by atoms with Gasteiger partial charge in [0.1, 0.15) is 18.0 Å². The Hall–Kier alpha value is -3.69. The molecule has 0 radical (unpaired) electrons. The molecule has 0 bridgehead atoms. The van der Waals surface area contributed by atoms with Gasteiger partial charge in [-0.2, -0.15) is 0 Å². The van der Waals surface area contributed by atoms with E-state index >= 15 is 0 Å². The van der Waals surface area contributed by atoms with E-state index in [0.717, 1.165) is 34.4 Å². The van der Waals surface area contributed by atoms with E-state index in [4.69, 9.17) is 19.5 Å². The summed E-state index contributed by atoms with van der Waals surface area (Å²) in [5, 5.41) is 0. The van der Waals surface area contributed by atoms with Crippen LogP contribution in [0.15, 0.2) is 89.9 Å². The number of hydrogen-bond acceptors (Lipinski definition) is 4. The van der Waals surface area contributed by atoms with Crippen LogP contribution in [-0.2, 0) is 39.3 Å². The summed E-state index contributed by atoms with van der Waals surface area (Å²) in [5.74, 6) is 2.65. The van der Waals surface area contributed by atoms with E-state index in [9.17, 15) is 0 Å². The smallest absolute Gasteiger partial charge is 0.514 e. The predicted molar refractivity (Wildman–Crippen MR) is 135 cm³/mol.